The summed E-state index contributed by atoms with van der Waals surface area (Å²) in [4.78, 5) is 0.898. The molecule has 112 valence electrons. The Balaban J connectivity index is 2.15. The first-order chi connectivity index (χ1) is 10.1. The van der Waals surface area contributed by atoms with E-state index in [0.29, 0.717) is 6.61 Å². The monoisotopic (exact) mass is 323 g/mol. The van der Waals surface area contributed by atoms with E-state index in [1.165, 1.54) is 11.4 Å². The molecule has 0 aliphatic carbocycles. The third-order valence-electron chi connectivity index (χ3n) is 2.62. The molecular formula is C15H18NO3PS. The predicted molar refractivity (Wildman–Crippen MR) is 88.1 cm³/mol. The van der Waals surface area contributed by atoms with E-state index in [1.54, 1.807) is 7.11 Å². The van der Waals surface area contributed by atoms with Crippen LogP contribution < -0.4 is 9.82 Å². The maximum Gasteiger partial charge on any atom is 0.355 e. The summed E-state index contributed by atoms with van der Waals surface area (Å²) >= 11 is 1.21. The fraction of sp³-hybridized carbons (Fsp3) is 0.200. The Kier molecular flexibility index (Phi) is 5.74. The van der Waals surface area contributed by atoms with Crippen LogP contribution >= 0.6 is 18.1 Å². The lowest BCUT2D eigenvalue weighted by Gasteiger charge is -2.19. The summed E-state index contributed by atoms with van der Waals surface area (Å²) < 4.78 is 23.5. The van der Waals surface area contributed by atoms with Crippen molar-refractivity contribution in [1.82, 2.24) is 0 Å². The number of nitrogens with one attached hydrogen (secondary N) is 1. The van der Waals surface area contributed by atoms with E-state index in [0.717, 1.165) is 16.3 Å². The number of benzene rings is 2. The lowest BCUT2D eigenvalue weighted by atomic mass is 10.3. The van der Waals surface area contributed by atoms with Crippen molar-refractivity contribution >= 4 is 23.8 Å². The highest BCUT2D eigenvalue weighted by Gasteiger charge is 2.24. The first-order valence-electron chi connectivity index (χ1n) is 6.57. The second-order valence-corrected chi connectivity index (χ2v) is 8.28. The Labute approximate surface area is 129 Å². The van der Waals surface area contributed by atoms with Crippen LogP contribution in [-0.2, 0) is 9.09 Å². The zero-order valence-electron chi connectivity index (χ0n) is 12.0. The van der Waals surface area contributed by atoms with Crippen LogP contribution in [0.15, 0.2) is 59.5 Å². The van der Waals surface area contributed by atoms with Crippen LogP contribution in [0.3, 0.4) is 0 Å². The van der Waals surface area contributed by atoms with Gasteiger partial charge in [0.25, 0.3) is 0 Å². The Bertz CT molecular complexity index is 604. The number of ether oxygens (including phenoxy) is 1. The molecule has 1 atom stereocenters. The van der Waals surface area contributed by atoms with Crippen molar-refractivity contribution in [3.8, 4) is 5.75 Å². The topological polar surface area (TPSA) is 47.6 Å². The fourth-order valence-electron chi connectivity index (χ4n) is 1.70. The Morgan fingerprint density at radius 3 is 2.33 bits per heavy atom. The second-order valence-electron chi connectivity index (χ2n) is 4.16. The van der Waals surface area contributed by atoms with Crippen LogP contribution in [0, 0.1) is 0 Å². The number of anilines is 1. The van der Waals surface area contributed by atoms with Crippen molar-refractivity contribution in [3.63, 3.8) is 0 Å². The lowest BCUT2D eigenvalue weighted by molar-refractivity contribution is 0.349. The maximum absolute atomic E-state index is 12.9. The molecule has 1 unspecified atom stereocenters. The van der Waals surface area contributed by atoms with E-state index >= 15 is 0 Å². The smallest absolute Gasteiger partial charge is 0.355 e. The minimum Gasteiger partial charge on any atom is -0.497 e. The van der Waals surface area contributed by atoms with Gasteiger partial charge < -0.3 is 14.3 Å². The highest BCUT2D eigenvalue weighted by molar-refractivity contribution is 8.57. The number of rotatable bonds is 7. The summed E-state index contributed by atoms with van der Waals surface area (Å²) in [6.07, 6.45) is 0. The zero-order valence-corrected chi connectivity index (χ0v) is 13.7. The Morgan fingerprint density at radius 1 is 1.10 bits per heavy atom. The highest BCUT2D eigenvalue weighted by atomic mass is 32.7. The molecule has 0 aliphatic heterocycles. The van der Waals surface area contributed by atoms with Gasteiger partial charge in [-0.05, 0) is 54.7 Å². The van der Waals surface area contributed by atoms with Gasteiger partial charge in [0.2, 0.25) is 0 Å². The summed E-state index contributed by atoms with van der Waals surface area (Å²) in [6, 6.07) is 16.8. The average molecular weight is 323 g/mol. The van der Waals surface area contributed by atoms with E-state index in [9.17, 15) is 4.57 Å². The summed E-state index contributed by atoms with van der Waals surface area (Å²) in [7, 11) is 1.61. The number of hydrogen-bond acceptors (Lipinski definition) is 4. The van der Waals surface area contributed by atoms with Gasteiger partial charge in [-0.25, -0.2) is 0 Å². The quantitative estimate of drug-likeness (QED) is 0.723. The second kappa shape index (κ2) is 7.55. The molecule has 2 aromatic carbocycles. The zero-order chi connectivity index (χ0) is 15.1. The van der Waals surface area contributed by atoms with Crippen molar-refractivity contribution < 1.29 is 13.8 Å². The minimum absolute atomic E-state index is 0.375. The van der Waals surface area contributed by atoms with Crippen LogP contribution in [0.25, 0.3) is 0 Å². The van der Waals surface area contributed by atoms with E-state index in [4.69, 9.17) is 9.26 Å². The molecule has 2 aromatic rings. The third kappa shape index (κ3) is 4.81. The van der Waals surface area contributed by atoms with Gasteiger partial charge in [-0.15, -0.1) is 0 Å². The van der Waals surface area contributed by atoms with Gasteiger partial charge in [-0.2, -0.15) is 0 Å². The van der Waals surface area contributed by atoms with Gasteiger partial charge in [0.15, 0.2) is 0 Å². The molecule has 0 aliphatic rings. The van der Waals surface area contributed by atoms with E-state index in [-0.39, 0.29) is 0 Å². The first-order valence-corrected chi connectivity index (χ1v) is 9.61. The van der Waals surface area contributed by atoms with Crippen LogP contribution in [0.1, 0.15) is 6.92 Å². The van der Waals surface area contributed by atoms with Crippen molar-refractivity contribution in [2.24, 2.45) is 0 Å². The van der Waals surface area contributed by atoms with Crippen LogP contribution in [0.2, 0.25) is 0 Å². The fourth-order valence-corrected chi connectivity index (χ4v) is 5.34. The molecule has 6 heteroatoms. The molecule has 2 rings (SSSR count). The highest BCUT2D eigenvalue weighted by Crippen LogP contribution is 2.61. The summed E-state index contributed by atoms with van der Waals surface area (Å²) in [5, 5.41) is 3.00. The van der Waals surface area contributed by atoms with E-state index in [1.807, 2.05) is 61.5 Å². The van der Waals surface area contributed by atoms with Crippen molar-refractivity contribution in [2.75, 3.05) is 18.8 Å². The molecule has 0 heterocycles. The van der Waals surface area contributed by atoms with E-state index < -0.39 is 6.72 Å². The average Bonchev–Trinajstić information content (AvgIpc) is 2.49. The molecule has 21 heavy (non-hydrogen) atoms. The van der Waals surface area contributed by atoms with Crippen molar-refractivity contribution in [1.29, 1.82) is 0 Å². The standard InChI is InChI=1S/C15H18NO3PS/c1-3-19-20(17,21-15-7-5-4-6-8-15)16-13-9-11-14(18-2)12-10-13/h4-12H,3H2,1-2H3,(H,16,17). The van der Waals surface area contributed by atoms with Crippen LogP contribution in [0.4, 0.5) is 5.69 Å². The molecule has 4 nitrogen and oxygen atoms in total. The number of hydrogen-bond donors (Lipinski definition) is 1. The maximum atomic E-state index is 12.9. The third-order valence-corrected chi connectivity index (χ3v) is 6.42. The van der Waals surface area contributed by atoms with Gasteiger partial charge in [-0.3, -0.25) is 4.57 Å². The Morgan fingerprint density at radius 2 is 1.76 bits per heavy atom. The van der Waals surface area contributed by atoms with Crippen molar-refractivity contribution in [3.05, 3.63) is 54.6 Å². The SMILES string of the molecule is CCOP(=O)(Nc1ccc(OC)cc1)Sc1ccccc1. The molecule has 0 aromatic heterocycles. The van der Waals surface area contributed by atoms with Crippen molar-refractivity contribution in [2.45, 2.75) is 11.8 Å². The Hall–Kier alpha value is -1.42. The number of methoxy groups -OCH3 is 1. The molecule has 0 amide bonds. The molecule has 0 bridgehead atoms. The largest absolute Gasteiger partial charge is 0.497 e. The minimum atomic E-state index is -3.06. The summed E-state index contributed by atoms with van der Waals surface area (Å²) in [6.45, 7) is -0.858. The molecule has 0 radical (unpaired) electrons. The van der Waals surface area contributed by atoms with E-state index in [2.05, 4.69) is 5.09 Å². The molecular weight excluding hydrogens is 305 g/mol. The van der Waals surface area contributed by atoms with Gasteiger partial charge in [-0.1, -0.05) is 18.2 Å². The van der Waals surface area contributed by atoms with Gasteiger partial charge in [0.05, 0.1) is 13.7 Å². The van der Waals surface area contributed by atoms with Gasteiger partial charge in [0.1, 0.15) is 5.75 Å². The normalized spacial score (nSPS) is 13.4. The van der Waals surface area contributed by atoms with Gasteiger partial charge >= 0.3 is 6.72 Å². The van der Waals surface area contributed by atoms with Crippen LogP contribution in [0.5, 0.6) is 5.75 Å². The summed E-state index contributed by atoms with van der Waals surface area (Å²) in [5.41, 5.74) is 0.732. The molecule has 0 spiro atoms. The first kappa shape index (κ1) is 16.0. The van der Waals surface area contributed by atoms with Gasteiger partial charge in [0, 0.05) is 10.6 Å². The molecule has 0 saturated heterocycles. The molecule has 0 fully saturated rings. The molecule has 0 saturated carbocycles. The lowest BCUT2D eigenvalue weighted by Crippen LogP contribution is -1.98. The van der Waals surface area contributed by atoms with Crippen LogP contribution in [-0.4, -0.2) is 13.7 Å². The predicted octanol–water partition coefficient (Wildman–Crippen LogP) is 5.04. The summed E-state index contributed by atoms with van der Waals surface area (Å²) in [5.74, 6) is 0.752. The molecule has 1 N–H and O–H groups in total.